The van der Waals surface area contributed by atoms with Gasteiger partial charge in [-0.2, -0.15) is 0 Å². The number of aliphatic hydroxyl groups is 8. The van der Waals surface area contributed by atoms with E-state index in [9.17, 15) is 50.4 Å². The van der Waals surface area contributed by atoms with Crippen molar-refractivity contribution >= 4 is 21.9 Å². The molecule has 6 rings (SSSR count). The molecule has 18 heteroatoms. The molecule has 0 radical (unpaired) electrons. The largest absolute Gasteiger partial charge is 0.504 e. The average Bonchev–Trinajstić information content (AvgIpc) is 3.06. The molecular formula is C30H32O18. The van der Waals surface area contributed by atoms with E-state index in [4.69, 9.17) is 38.0 Å². The maximum atomic E-state index is 11.2. The first-order valence-corrected chi connectivity index (χ1v) is 14.3. The Bertz CT molecular complexity index is 1700. The van der Waals surface area contributed by atoms with Gasteiger partial charge in [0, 0.05) is 35.0 Å². The number of fused-ring (bicyclic) bond motifs is 2. The van der Waals surface area contributed by atoms with Gasteiger partial charge in [-0.1, -0.05) is 0 Å². The monoisotopic (exact) mass is 680 g/mol. The van der Waals surface area contributed by atoms with Gasteiger partial charge < -0.3 is 78.8 Å². The molecule has 2 aliphatic rings. The molecule has 0 spiro atoms. The zero-order valence-electron chi connectivity index (χ0n) is 24.5. The quantitative estimate of drug-likeness (QED) is 0.0930. The highest BCUT2D eigenvalue weighted by molar-refractivity contribution is 5.81. The maximum absolute atomic E-state index is 11.2. The molecule has 18 nitrogen and oxygen atoms in total. The van der Waals surface area contributed by atoms with E-state index in [0.717, 1.165) is 12.1 Å². The van der Waals surface area contributed by atoms with E-state index in [-0.39, 0.29) is 34.2 Å². The second kappa shape index (κ2) is 14.4. The molecule has 2 saturated heterocycles. The normalized spacial score (nSPS) is 30.4. The van der Waals surface area contributed by atoms with Gasteiger partial charge in [-0.05, 0) is 24.3 Å². The van der Waals surface area contributed by atoms with Gasteiger partial charge >= 0.3 is 11.3 Å². The summed E-state index contributed by atoms with van der Waals surface area (Å²) in [6.45, 7) is -1.20. The number of aromatic hydroxyl groups is 2. The fraction of sp³-hybridized carbons (Fsp3) is 0.400. The summed E-state index contributed by atoms with van der Waals surface area (Å²) in [5, 5.41) is 97.9. The van der Waals surface area contributed by atoms with Crippen LogP contribution in [0.2, 0.25) is 0 Å². The van der Waals surface area contributed by atoms with Crippen LogP contribution in [0.15, 0.2) is 67.0 Å². The minimum atomic E-state index is -1.60. The van der Waals surface area contributed by atoms with Crippen molar-refractivity contribution < 1.29 is 78.8 Å². The lowest BCUT2D eigenvalue weighted by Gasteiger charge is -2.39. The van der Waals surface area contributed by atoms with Crippen LogP contribution in [0, 0.1) is 0 Å². The second-order valence-electron chi connectivity index (χ2n) is 10.9. The highest BCUT2D eigenvalue weighted by Crippen LogP contribution is 2.35. The Morgan fingerprint density at radius 1 is 0.542 bits per heavy atom. The van der Waals surface area contributed by atoms with E-state index in [1.807, 2.05) is 0 Å². The van der Waals surface area contributed by atoms with Gasteiger partial charge in [0.25, 0.3) is 0 Å². The first-order chi connectivity index (χ1) is 22.8. The average molecular weight is 681 g/mol. The van der Waals surface area contributed by atoms with Crippen molar-refractivity contribution in [2.24, 2.45) is 0 Å². The molecule has 2 aliphatic heterocycles. The molecule has 48 heavy (non-hydrogen) atoms. The Balaban J connectivity index is 0.000000188. The molecular weight excluding hydrogens is 648 g/mol. The van der Waals surface area contributed by atoms with Crippen LogP contribution in [0.3, 0.4) is 0 Å². The van der Waals surface area contributed by atoms with Crippen molar-refractivity contribution in [2.45, 2.75) is 61.4 Å². The fourth-order valence-electron chi connectivity index (χ4n) is 4.94. The smallest absolute Gasteiger partial charge is 0.336 e. The van der Waals surface area contributed by atoms with Crippen molar-refractivity contribution in [1.82, 2.24) is 0 Å². The van der Waals surface area contributed by atoms with Crippen LogP contribution >= 0.6 is 0 Å². The summed E-state index contributed by atoms with van der Waals surface area (Å²) in [7, 11) is 0. The predicted octanol–water partition coefficient (Wildman–Crippen LogP) is -2.65. The van der Waals surface area contributed by atoms with Crippen LogP contribution < -0.4 is 20.7 Å². The van der Waals surface area contributed by atoms with Crippen LogP contribution in [-0.4, -0.2) is 126 Å². The van der Waals surface area contributed by atoms with E-state index < -0.39 is 85.9 Å². The summed E-state index contributed by atoms with van der Waals surface area (Å²) < 4.78 is 31.0. The Morgan fingerprint density at radius 2 is 0.917 bits per heavy atom. The molecule has 0 bridgehead atoms. The van der Waals surface area contributed by atoms with Crippen molar-refractivity contribution in [1.29, 1.82) is 0 Å². The third-order valence-electron chi connectivity index (χ3n) is 7.58. The van der Waals surface area contributed by atoms with Crippen molar-refractivity contribution in [3.05, 3.63) is 69.4 Å². The van der Waals surface area contributed by atoms with Gasteiger partial charge in [-0.15, -0.1) is 0 Å². The second-order valence-corrected chi connectivity index (χ2v) is 10.9. The van der Waals surface area contributed by atoms with Gasteiger partial charge in [-0.3, -0.25) is 0 Å². The summed E-state index contributed by atoms with van der Waals surface area (Å²) in [4.78, 5) is 22.3. The third kappa shape index (κ3) is 7.22. The molecule has 0 saturated carbocycles. The van der Waals surface area contributed by atoms with Crippen molar-refractivity contribution in [3.8, 4) is 23.0 Å². The van der Waals surface area contributed by atoms with Gasteiger partial charge in [0.2, 0.25) is 12.6 Å². The molecule has 0 aliphatic carbocycles. The zero-order valence-corrected chi connectivity index (χ0v) is 24.5. The van der Waals surface area contributed by atoms with Gasteiger partial charge in [0.05, 0.1) is 13.2 Å². The first kappa shape index (κ1) is 35.0. The van der Waals surface area contributed by atoms with Gasteiger partial charge in [0.1, 0.15) is 60.0 Å². The number of benzene rings is 2. The molecule has 10 N–H and O–H groups in total. The van der Waals surface area contributed by atoms with E-state index in [1.165, 1.54) is 36.4 Å². The topological polar surface area (TPSA) is 300 Å². The number of aliphatic hydroxyl groups excluding tert-OH is 8. The van der Waals surface area contributed by atoms with E-state index >= 15 is 0 Å². The SMILES string of the molecule is O=c1ccc2cc(OC3OC(CO)C(O)C(O)C3O)c(O)cc2o1.O=c1ccc2cc(OC3OC(CO)C(O)C(O)C3O)c(O)cc2o1. The highest BCUT2D eigenvalue weighted by Gasteiger charge is 2.46. The molecule has 4 heterocycles. The van der Waals surface area contributed by atoms with Crippen molar-refractivity contribution in [2.75, 3.05) is 13.2 Å². The summed E-state index contributed by atoms with van der Waals surface area (Å²) in [5.74, 6) is -0.955. The minimum absolute atomic E-state index is 0.0966. The summed E-state index contributed by atoms with van der Waals surface area (Å²) in [5.41, 5.74) is -0.878. The molecule has 0 amide bonds. The number of ether oxygens (including phenoxy) is 4. The third-order valence-corrected chi connectivity index (χ3v) is 7.58. The Hall–Kier alpha value is -4.34. The molecule has 10 atom stereocenters. The fourth-order valence-corrected chi connectivity index (χ4v) is 4.94. The molecule has 260 valence electrons. The molecule has 2 fully saturated rings. The molecule has 10 unspecified atom stereocenters. The van der Waals surface area contributed by atoms with E-state index in [1.54, 1.807) is 0 Å². The van der Waals surface area contributed by atoms with Gasteiger partial charge in [-0.25, -0.2) is 9.59 Å². The Morgan fingerprint density at radius 3 is 1.27 bits per heavy atom. The molecule has 4 aromatic rings. The van der Waals surface area contributed by atoms with Crippen LogP contribution in [0.25, 0.3) is 21.9 Å². The lowest BCUT2D eigenvalue weighted by Crippen LogP contribution is -2.60. The Labute approximate surface area is 268 Å². The van der Waals surface area contributed by atoms with Crippen LogP contribution in [0.1, 0.15) is 0 Å². The maximum Gasteiger partial charge on any atom is 0.336 e. The van der Waals surface area contributed by atoms with Crippen LogP contribution in [-0.2, 0) is 9.47 Å². The summed E-state index contributed by atoms with van der Waals surface area (Å²) in [6, 6.07) is 10.3. The highest BCUT2D eigenvalue weighted by atomic mass is 16.7. The number of phenolic OH excluding ortho intramolecular Hbond substituents is 2. The lowest BCUT2D eigenvalue weighted by molar-refractivity contribution is -0.277. The number of rotatable bonds is 6. The van der Waals surface area contributed by atoms with E-state index in [2.05, 4.69) is 0 Å². The Kier molecular flexibility index (Phi) is 10.5. The minimum Gasteiger partial charge on any atom is -0.504 e. The number of hydrogen-bond donors (Lipinski definition) is 10. The van der Waals surface area contributed by atoms with Crippen LogP contribution in [0.5, 0.6) is 23.0 Å². The summed E-state index contributed by atoms with van der Waals surface area (Å²) in [6.07, 6.45) is -14.5. The van der Waals surface area contributed by atoms with Crippen LogP contribution in [0.4, 0.5) is 0 Å². The van der Waals surface area contributed by atoms with Crippen molar-refractivity contribution in [3.63, 3.8) is 0 Å². The summed E-state index contributed by atoms with van der Waals surface area (Å²) >= 11 is 0. The zero-order chi connectivity index (χ0) is 34.9. The van der Waals surface area contributed by atoms with E-state index in [0.29, 0.717) is 10.8 Å². The molecule has 2 aromatic heterocycles. The number of hydrogen-bond acceptors (Lipinski definition) is 18. The lowest BCUT2D eigenvalue weighted by atomic mass is 9.99. The van der Waals surface area contributed by atoms with Gasteiger partial charge in [0.15, 0.2) is 23.0 Å². The number of phenols is 2. The first-order valence-electron chi connectivity index (χ1n) is 14.3. The predicted molar refractivity (Wildman–Crippen MR) is 157 cm³/mol. The molecule has 2 aromatic carbocycles. The standard InChI is InChI=1S/2C15H16O9/c2*16-5-10-12(19)13(20)14(21)15(24-10)23-9-3-6-1-2-11(18)22-8(6)4-7(9)17/h2*1-4,10,12-17,19-21H,5H2.